The van der Waals surface area contributed by atoms with Gasteiger partial charge < -0.3 is 15.0 Å². The summed E-state index contributed by atoms with van der Waals surface area (Å²) in [7, 11) is 5.73. The number of aryl methyl sites for hydroxylation is 1. The lowest BCUT2D eigenvalue weighted by atomic mass is 9.80. The molecule has 0 fully saturated rings. The van der Waals surface area contributed by atoms with E-state index in [1.54, 1.807) is 6.20 Å². The number of aromatic amines is 1. The van der Waals surface area contributed by atoms with Crippen molar-refractivity contribution < 1.29 is 9.53 Å². The highest BCUT2D eigenvalue weighted by Crippen LogP contribution is 2.25. The normalized spacial score (nSPS) is 12.6. The van der Waals surface area contributed by atoms with Crippen molar-refractivity contribution in [3.8, 4) is 0 Å². The van der Waals surface area contributed by atoms with E-state index in [2.05, 4.69) is 47.3 Å². The molecule has 0 aliphatic rings. The van der Waals surface area contributed by atoms with Gasteiger partial charge in [-0.1, -0.05) is 32.3 Å². The fourth-order valence-corrected chi connectivity index (χ4v) is 3.32. The molecule has 5 nitrogen and oxygen atoms in total. The molecular weight excluding hydrogens is 361 g/mol. The molecule has 3 aromatic rings. The van der Waals surface area contributed by atoms with Crippen molar-refractivity contribution in [2.45, 2.75) is 52.4 Å². The topological polar surface area (TPSA) is 67.0 Å². The monoisotopic (exact) mass is 391 g/mol. The van der Waals surface area contributed by atoms with Crippen LogP contribution in [0.15, 0.2) is 36.7 Å². The lowest BCUT2D eigenvalue weighted by molar-refractivity contribution is -0.123. The molecule has 0 atom stereocenters. The number of hydrogen-bond acceptors (Lipinski definition) is 3. The average molecular weight is 391 g/mol. The third-order valence-corrected chi connectivity index (χ3v) is 5.09. The SMILES string of the molecule is [B]CC(C)(C)COCC(C)(C)NC(=O)CCc1ccc2c(c1)[nH]c1ccncc12. The maximum atomic E-state index is 12.4. The van der Waals surface area contributed by atoms with E-state index >= 15 is 0 Å². The first-order valence-electron chi connectivity index (χ1n) is 10.1. The minimum absolute atomic E-state index is 0.0256. The fraction of sp³-hybridized carbons (Fsp3) is 0.478. The van der Waals surface area contributed by atoms with Gasteiger partial charge in [0.25, 0.3) is 0 Å². The second-order valence-electron chi connectivity index (χ2n) is 9.22. The molecule has 0 spiro atoms. The van der Waals surface area contributed by atoms with Gasteiger partial charge >= 0.3 is 0 Å². The molecule has 6 heteroatoms. The Morgan fingerprint density at radius 3 is 2.69 bits per heavy atom. The van der Waals surface area contributed by atoms with E-state index in [-0.39, 0.29) is 11.3 Å². The Labute approximate surface area is 174 Å². The van der Waals surface area contributed by atoms with Gasteiger partial charge in [0, 0.05) is 40.6 Å². The van der Waals surface area contributed by atoms with E-state index in [4.69, 9.17) is 12.6 Å². The van der Waals surface area contributed by atoms with Crippen LogP contribution in [0.5, 0.6) is 0 Å². The van der Waals surface area contributed by atoms with Gasteiger partial charge in [0.1, 0.15) is 0 Å². The summed E-state index contributed by atoms with van der Waals surface area (Å²) < 4.78 is 5.79. The molecule has 1 aromatic carbocycles. The van der Waals surface area contributed by atoms with Crippen molar-refractivity contribution >= 4 is 35.6 Å². The summed E-state index contributed by atoms with van der Waals surface area (Å²) in [4.78, 5) is 20.1. The number of ether oxygens (including phenoxy) is 1. The Morgan fingerprint density at radius 1 is 1.14 bits per heavy atom. The molecular formula is C23H30BN3O2. The van der Waals surface area contributed by atoms with E-state index in [1.165, 1.54) is 0 Å². The molecule has 0 aliphatic carbocycles. The maximum absolute atomic E-state index is 12.4. The van der Waals surface area contributed by atoms with Gasteiger partial charge in [0.2, 0.25) is 5.91 Å². The number of carbonyl (C=O) groups excluding carboxylic acids is 1. The van der Waals surface area contributed by atoms with Gasteiger partial charge in [0.15, 0.2) is 0 Å². The van der Waals surface area contributed by atoms with E-state index in [0.29, 0.717) is 32.4 Å². The Balaban J connectivity index is 1.54. The van der Waals surface area contributed by atoms with Gasteiger partial charge in [-0.3, -0.25) is 9.78 Å². The van der Waals surface area contributed by atoms with Crippen LogP contribution in [0, 0.1) is 5.41 Å². The van der Waals surface area contributed by atoms with Crippen molar-refractivity contribution in [3.05, 3.63) is 42.2 Å². The van der Waals surface area contributed by atoms with E-state index in [9.17, 15) is 4.79 Å². The van der Waals surface area contributed by atoms with Crippen LogP contribution in [0.25, 0.3) is 21.8 Å². The van der Waals surface area contributed by atoms with Crippen LogP contribution in [0.4, 0.5) is 0 Å². The lowest BCUT2D eigenvalue weighted by Gasteiger charge is -2.29. The third kappa shape index (κ3) is 5.60. The minimum Gasteiger partial charge on any atom is -0.379 e. The Bertz CT molecular complexity index is 994. The summed E-state index contributed by atoms with van der Waals surface area (Å²) in [5.74, 6) is 0.0256. The molecule has 3 rings (SSSR count). The van der Waals surface area contributed by atoms with E-state index in [0.717, 1.165) is 27.4 Å². The molecule has 2 heterocycles. The van der Waals surface area contributed by atoms with Crippen molar-refractivity contribution in [1.29, 1.82) is 0 Å². The number of carbonyl (C=O) groups is 1. The van der Waals surface area contributed by atoms with Crippen molar-refractivity contribution in [2.75, 3.05) is 13.2 Å². The van der Waals surface area contributed by atoms with Crippen LogP contribution in [-0.2, 0) is 16.0 Å². The fourth-order valence-electron chi connectivity index (χ4n) is 3.32. The van der Waals surface area contributed by atoms with Crippen LogP contribution in [0.1, 0.15) is 39.7 Å². The molecule has 2 N–H and O–H groups in total. The molecule has 29 heavy (non-hydrogen) atoms. The average Bonchev–Trinajstić information content (AvgIpc) is 3.03. The first-order chi connectivity index (χ1) is 13.7. The number of H-pyrrole nitrogens is 1. The summed E-state index contributed by atoms with van der Waals surface area (Å²) in [6, 6.07) is 8.27. The smallest absolute Gasteiger partial charge is 0.220 e. The number of amides is 1. The summed E-state index contributed by atoms with van der Waals surface area (Å²) in [5.41, 5.74) is 2.80. The Kier molecular flexibility index (Phi) is 6.32. The van der Waals surface area contributed by atoms with Crippen LogP contribution in [0.2, 0.25) is 6.32 Å². The number of pyridine rings is 1. The molecule has 0 aliphatic heterocycles. The molecule has 2 aromatic heterocycles. The quantitative estimate of drug-likeness (QED) is 0.538. The number of hydrogen-bond donors (Lipinski definition) is 2. The summed E-state index contributed by atoms with van der Waals surface area (Å²) in [5, 5.41) is 5.35. The van der Waals surface area contributed by atoms with E-state index < -0.39 is 5.54 Å². The highest BCUT2D eigenvalue weighted by atomic mass is 16.5. The molecule has 1 amide bonds. The standard InChI is InChI=1S/C23H30BN3O2/c1-22(2,13-24)14-29-15-23(3,4)27-21(28)8-6-16-5-7-17-18-12-25-10-9-19(18)26-20(17)11-16/h5,7,9-12,26H,6,8,13-15H2,1-4H3,(H,27,28). The van der Waals surface area contributed by atoms with E-state index in [1.807, 2.05) is 26.1 Å². The van der Waals surface area contributed by atoms with Gasteiger partial charge in [0.05, 0.1) is 26.6 Å². The number of fused-ring (bicyclic) bond motifs is 3. The highest BCUT2D eigenvalue weighted by molar-refractivity contribution is 6.09. The van der Waals surface area contributed by atoms with Crippen LogP contribution >= 0.6 is 0 Å². The number of rotatable bonds is 9. The zero-order valence-electron chi connectivity index (χ0n) is 17.8. The Hall–Kier alpha value is -2.34. The number of nitrogens with zero attached hydrogens (tertiary/aromatic N) is 1. The number of benzene rings is 1. The zero-order chi connectivity index (χ0) is 21.1. The van der Waals surface area contributed by atoms with Gasteiger partial charge in [-0.05, 0) is 43.4 Å². The Morgan fingerprint density at radius 2 is 1.93 bits per heavy atom. The predicted octanol–water partition coefficient (Wildman–Crippen LogP) is 4.17. The summed E-state index contributed by atoms with van der Waals surface area (Å²) in [6.07, 6.45) is 5.35. The van der Waals surface area contributed by atoms with Crippen LogP contribution < -0.4 is 5.32 Å². The maximum Gasteiger partial charge on any atom is 0.220 e. The molecule has 152 valence electrons. The minimum atomic E-state index is -0.421. The van der Waals surface area contributed by atoms with Crippen LogP contribution in [-0.4, -0.2) is 42.5 Å². The molecule has 0 bridgehead atoms. The van der Waals surface area contributed by atoms with Gasteiger partial charge in [-0.2, -0.15) is 0 Å². The van der Waals surface area contributed by atoms with Gasteiger partial charge in [-0.25, -0.2) is 0 Å². The van der Waals surface area contributed by atoms with Crippen molar-refractivity contribution in [3.63, 3.8) is 0 Å². The van der Waals surface area contributed by atoms with Crippen LogP contribution in [0.3, 0.4) is 0 Å². The highest BCUT2D eigenvalue weighted by Gasteiger charge is 2.23. The third-order valence-electron chi connectivity index (χ3n) is 5.09. The lowest BCUT2D eigenvalue weighted by Crippen LogP contribution is -2.47. The second kappa shape index (κ2) is 8.58. The molecule has 0 unspecified atom stereocenters. The van der Waals surface area contributed by atoms with Gasteiger partial charge in [-0.15, -0.1) is 0 Å². The zero-order valence-corrected chi connectivity index (χ0v) is 17.8. The first-order valence-corrected chi connectivity index (χ1v) is 10.1. The number of nitrogens with one attached hydrogen (secondary N) is 2. The molecule has 0 saturated carbocycles. The number of aromatic nitrogens is 2. The second-order valence-corrected chi connectivity index (χ2v) is 9.22. The molecule has 2 radical (unpaired) electrons. The largest absolute Gasteiger partial charge is 0.379 e. The molecule has 0 saturated heterocycles. The summed E-state index contributed by atoms with van der Waals surface area (Å²) >= 11 is 0. The van der Waals surface area contributed by atoms with Crippen molar-refractivity contribution in [2.24, 2.45) is 5.41 Å². The van der Waals surface area contributed by atoms with Crippen molar-refractivity contribution in [1.82, 2.24) is 15.3 Å². The predicted molar refractivity (Wildman–Crippen MR) is 119 cm³/mol. The summed E-state index contributed by atoms with van der Waals surface area (Å²) in [6.45, 7) is 9.12. The first kappa shape index (κ1) is 21.4.